The van der Waals surface area contributed by atoms with Gasteiger partial charge in [0.25, 0.3) is 0 Å². The van der Waals surface area contributed by atoms with E-state index < -0.39 is 0 Å². The Morgan fingerprint density at radius 1 is 0.278 bits per heavy atom. The van der Waals surface area contributed by atoms with Crippen LogP contribution in [0.15, 0.2) is 188 Å². The second-order valence-electron chi connectivity index (χ2n) is 15.7. The van der Waals surface area contributed by atoms with E-state index in [1.54, 1.807) is 0 Å². The van der Waals surface area contributed by atoms with Crippen LogP contribution in [0.4, 0.5) is 0 Å². The van der Waals surface area contributed by atoms with Crippen LogP contribution in [0, 0.1) is 0 Å². The zero-order chi connectivity index (χ0) is 36.4. The number of rotatable bonds is 4. The molecule has 0 saturated carbocycles. The third kappa shape index (κ3) is 5.29. The van der Waals surface area contributed by atoms with Gasteiger partial charge in [0.05, 0.1) is 0 Å². The molecule has 10 rings (SSSR count). The van der Waals surface area contributed by atoms with Crippen LogP contribution < -0.4 is 0 Å². The number of fused-ring (bicyclic) bond motifs is 6. The number of hydrogen-bond donors (Lipinski definition) is 0. The van der Waals surface area contributed by atoms with Crippen molar-refractivity contribution in [3.63, 3.8) is 0 Å². The lowest BCUT2D eigenvalue weighted by molar-refractivity contribution is 0.591. The Labute approximate surface area is 317 Å². The van der Waals surface area contributed by atoms with Crippen molar-refractivity contribution in [2.45, 2.75) is 26.2 Å². The zero-order valence-electron chi connectivity index (χ0n) is 30.9. The molecule has 0 aliphatic rings. The molecule has 0 N–H and O–H groups in total. The summed E-state index contributed by atoms with van der Waals surface area (Å²) in [6.07, 6.45) is 0. The summed E-state index contributed by atoms with van der Waals surface area (Å²) in [5.41, 5.74) is 11.4. The van der Waals surface area contributed by atoms with Crippen LogP contribution in [-0.2, 0) is 5.41 Å². The van der Waals surface area contributed by atoms with Crippen LogP contribution in [-0.4, -0.2) is 0 Å². The Balaban J connectivity index is 1.18. The van der Waals surface area contributed by atoms with Crippen LogP contribution in [0.3, 0.4) is 0 Å². The standard InChI is InChI=1S/C54H40/c1-54(2,3)41-30-32-50-51(34-41)53(40-17-10-16-39(33-40)45-22-11-15-35-13-4-6-18-42(35)45)49-21-9-8-20-48(49)52(50)38-27-25-37(26-28-38)44-23-12-24-46-43-19-7-5-14-36(43)29-31-47(44)46/h4-34H,1-3H3. The molecule has 10 aromatic rings. The quantitative estimate of drug-likeness (QED) is 0.128. The summed E-state index contributed by atoms with van der Waals surface area (Å²) in [6.45, 7) is 6.93. The molecule has 0 aliphatic carbocycles. The first-order chi connectivity index (χ1) is 26.4. The lowest BCUT2D eigenvalue weighted by Gasteiger charge is -2.23. The third-order valence-corrected chi connectivity index (χ3v) is 11.4. The van der Waals surface area contributed by atoms with Crippen molar-refractivity contribution in [3.8, 4) is 44.5 Å². The molecule has 0 aromatic heterocycles. The van der Waals surface area contributed by atoms with Crippen LogP contribution >= 0.6 is 0 Å². The van der Waals surface area contributed by atoms with Crippen molar-refractivity contribution in [2.75, 3.05) is 0 Å². The summed E-state index contributed by atoms with van der Waals surface area (Å²) in [6, 6.07) is 69.9. The maximum atomic E-state index is 2.46. The van der Waals surface area contributed by atoms with Crippen molar-refractivity contribution < 1.29 is 0 Å². The van der Waals surface area contributed by atoms with Gasteiger partial charge in [-0.25, -0.2) is 0 Å². The maximum absolute atomic E-state index is 2.46. The van der Waals surface area contributed by atoms with Crippen molar-refractivity contribution in [1.29, 1.82) is 0 Å². The maximum Gasteiger partial charge on any atom is -0.00261 e. The van der Waals surface area contributed by atoms with Crippen LogP contribution in [0.1, 0.15) is 26.3 Å². The van der Waals surface area contributed by atoms with Crippen LogP contribution in [0.5, 0.6) is 0 Å². The summed E-state index contributed by atoms with van der Waals surface area (Å²) in [7, 11) is 0. The number of benzene rings is 10. The average molecular weight is 689 g/mol. The summed E-state index contributed by atoms with van der Waals surface area (Å²) in [5, 5.41) is 12.8. The first-order valence-corrected chi connectivity index (χ1v) is 19.0. The number of hydrogen-bond acceptors (Lipinski definition) is 0. The summed E-state index contributed by atoms with van der Waals surface area (Å²) in [5.74, 6) is 0. The fourth-order valence-corrected chi connectivity index (χ4v) is 8.69. The largest absolute Gasteiger partial charge is 0.0616 e. The fourth-order valence-electron chi connectivity index (χ4n) is 8.69. The molecular weight excluding hydrogens is 649 g/mol. The first-order valence-electron chi connectivity index (χ1n) is 19.0. The molecule has 0 aliphatic heterocycles. The van der Waals surface area contributed by atoms with Gasteiger partial charge in [-0.1, -0.05) is 197 Å². The Morgan fingerprint density at radius 3 is 1.52 bits per heavy atom. The van der Waals surface area contributed by atoms with Crippen molar-refractivity contribution in [3.05, 3.63) is 194 Å². The van der Waals surface area contributed by atoms with E-state index in [4.69, 9.17) is 0 Å². The third-order valence-electron chi connectivity index (χ3n) is 11.4. The normalized spacial score (nSPS) is 12.0. The Kier molecular flexibility index (Phi) is 7.49. The fraction of sp³-hybridized carbons (Fsp3) is 0.0741. The van der Waals surface area contributed by atoms with Gasteiger partial charge in [-0.05, 0) is 121 Å². The molecule has 0 nitrogen and oxygen atoms in total. The van der Waals surface area contributed by atoms with Crippen LogP contribution in [0.2, 0.25) is 0 Å². The molecule has 0 radical (unpaired) electrons. The molecule has 0 amide bonds. The van der Waals surface area contributed by atoms with Gasteiger partial charge in [0.1, 0.15) is 0 Å². The SMILES string of the molecule is CC(C)(C)c1ccc2c(-c3ccc(-c4cccc5c4ccc4ccccc45)cc3)c3ccccc3c(-c3cccc(-c4cccc5ccccc45)c3)c2c1. The first kappa shape index (κ1) is 32.2. The van der Waals surface area contributed by atoms with E-state index in [1.807, 2.05) is 0 Å². The van der Waals surface area contributed by atoms with Gasteiger partial charge in [-0.15, -0.1) is 0 Å². The summed E-state index contributed by atoms with van der Waals surface area (Å²) >= 11 is 0. The molecule has 10 aromatic carbocycles. The van der Waals surface area contributed by atoms with E-state index in [0.717, 1.165) is 0 Å². The highest BCUT2D eigenvalue weighted by atomic mass is 14.2. The average Bonchev–Trinajstić information content (AvgIpc) is 3.22. The minimum Gasteiger partial charge on any atom is -0.0616 e. The van der Waals surface area contributed by atoms with Gasteiger partial charge in [0, 0.05) is 0 Å². The van der Waals surface area contributed by atoms with Crippen LogP contribution in [0.25, 0.3) is 98.4 Å². The van der Waals surface area contributed by atoms with Gasteiger partial charge < -0.3 is 0 Å². The molecule has 0 saturated heterocycles. The second kappa shape index (κ2) is 12.6. The highest BCUT2D eigenvalue weighted by Crippen LogP contribution is 2.46. The van der Waals surface area contributed by atoms with E-state index in [1.165, 1.54) is 104 Å². The molecule has 0 heterocycles. The van der Waals surface area contributed by atoms with Crippen molar-refractivity contribution >= 4 is 53.9 Å². The second-order valence-corrected chi connectivity index (χ2v) is 15.7. The molecule has 0 heteroatoms. The molecule has 0 bridgehead atoms. The Morgan fingerprint density at radius 2 is 0.778 bits per heavy atom. The summed E-state index contributed by atoms with van der Waals surface area (Å²) < 4.78 is 0. The van der Waals surface area contributed by atoms with E-state index in [0.29, 0.717) is 0 Å². The van der Waals surface area contributed by atoms with Gasteiger partial charge >= 0.3 is 0 Å². The minimum atomic E-state index is 0.00744. The molecule has 256 valence electrons. The summed E-state index contributed by atoms with van der Waals surface area (Å²) in [4.78, 5) is 0. The van der Waals surface area contributed by atoms with Gasteiger partial charge in [-0.3, -0.25) is 0 Å². The van der Waals surface area contributed by atoms with E-state index in [2.05, 4.69) is 209 Å². The lowest BCUT2D eigenvalue weighted by Crippen LogP contribution is -2.10. The van der Waals surface area contributed by atoms with E-state index in [-0.39, 0.29) is 5.41 Å². The van der Waals surface area contributed by atoms with Gasteiger partial charge in [0.15, 0.2) is 0 Å². The smallest absolute Gasteiger partial charge is 0.00261 e. The topological polar surface area (TPSA) is 0 Å². The zero-order valence-corrected chi connectivity index (χ0v) is 30.9. The van der Waals surface area contributed by atoms with E-state index in [9.17, 15) is 0 Å². The Hall–Kier alpha value is -6.50. The highest BCUT2D eigenvalue weighted by molar-refractivity contribution is 6.22. The van der Waals surface area contributed by atoms with Gasteiger partial charge in [-0.2, -0.15) is 0 Å². The predicted molar refractivity (Wildman–Crippen MR) is 234 cm³/mol. The van der Waals surface area contributed by atoms with Crippen molar-refractivity contribution in [1.82, 2.24) is 0 Å². The monoisotopic (exact) mass is 688 g/mol. The molecule has 0 atom stereocenters. The molecule has 54 heavy (non-hydrogen) atoms. The molecule has 0 spiro atoms. The lowest BCUT2D eigenvalue weighted by atomic mass is 9.81. The highest BCUT2D eigenvalue weighted by Gasteiger charge is 2.21. The predicted octanol–water partition coefficient (Wildman–Crippen LogP) is 15.4. The Bertz CT molecular complexity index is 3060. The minimum absolute atomic E-state index is 0.00744. The van der Waals surface area contributed by atoms with Gasteiger partial charge in [0.2, 0.25) is 0 Å². The molecule has 0 unspecified atom stereocenters. The molecular formula is C54H40. The van der Waals surface area contributed by atoms with Crippen molar-refractivity contribution in [2.24, 2.45) is 0 Å². The molecule has 0 fully saturated rings. The van der Waals surface area contributed by atoms with E-state index >= 15 is 0 Å².